The molecule has 0 radical (unpaired) electrons. The van der Waals surface area contributed by atoms with E-state index in [1.807, 2.05) is 24.3 Å². The lowest BCUT2D eigenvalue weighted by atomic mass is 10.0. The molecule has 0 heterocycles. The summed E-state index contributed by atoms with van der Waals surface area (Å²) >= 11 is 21.3. The van der Waals surface area contributed by atoms with Gasteiger partial charge in [-0.25, -0.2) is 0 Å². The SMILES string of the molecule is OC(Cc1ccc(Cl)c(Cl)c1)Cc1ccc(Br)cc1Cl. The van der Waals surface area contributed by atoms with Crippen LogP contribution in [0, 0.1) is 0 Å². The molecule has 1 unspecified atom stereocenters. The first kappa shape index (κ1) is 16.1. The van der Waals surface area contributed by atoms with Gasteiger partial charge >= 0.3 is 0 Å². The van der Waals surface area contributed by atoms with E-state index in [0.717, 1.165) is 15.6 Å². The Hall–Kier alpha value is -0.250. The highest BCUT2D eigenvalue weighted by Gasteiger charge is 2.11. The zero-order chi connectivity index (χ0) is 14.7. The van der Waals surface area contributed by atoms with E-state index in [-0.39, 0.29) is 0 Å². The molecule has 0 bridgehead atoms. The fourth-order valence-electron chi connectivity index (χ4n) is 1.95. The molecule has 0 saturated carbocycles. The van der Waals surface area contributed by atoms with Crippen LogP contribution in [0.2, 0.25) is 15.1 Å². The van der Waals surface area contributed by atoms with Crippen molar-refractivity contribution in [2.45, 2.75) is 18.9 Å². The molecule has 1 nitrogen and oxygen atoms in total. The standard InChI is InChI=1S/C15H12BrCl3O/c16-11-3-2-10(14(18)8-11)7-12(20)5-9-1-4-13(17)15(19)6-9/h1-4,6,8,12,20H,5,7H2. The number of hydrogen-bond acceptors (Lipinski definition) is 1. The van der Waals surface area contributed by atoms with Crippen molar-refractivity contribution in [3.8, 4) is 0 Å². The van der Waals surface area contributed by atoms with Crippen molar-refractivity contribution in [2.24, 2.45) is 0 Å². The summed E-state index contributed by atoms with van der Waals surface area (Å²) in [6.45, 7) is 0. The summed E-state index contributed by atoms with van der Waals surface area (Å²) in [7, 11) is 0. The molecule has 0 aromatic heterocycles. The van der Waals surface area contributed by atoms with Gasteiger partial charge in [0.05, 0.1) is 16.1 Å². The third kappa shape index (κ3) is 4.37. The normalized spacial score (nSPS) is 12.4. The highest BCUT2D eigenvalue weighted by Crippen LogP contribution is 2.25. The molecule has 5 heteroatoms. The van der Waals surface area contributed by atoms with Crippen molar-refractivity contribution < 1.29 is 5.11 Å². The van der Waals surface area contributed by atoms with E-state index >= 15 is 0 Å². The molecule has 0 spiro atoms. The van der Waals surface area contributed by atoms with Gasteiger partial charge in [0.2, 0.25) is 0 Å². The van der Waals surface area contributed by atoms with E-state index in [2.05, 4.69) is 15.9 Å². The second-order valence-electron chi connectivity index (χ2n) is 4.55. The summed E-state index contributed by atoms with van der Waals surface area (Å²) in [5.41, 5.74) is 1.86. The maximum Gasteiger partial charge on any atom is 0.0621 e. The average Bonchev–Trinajstić information content (AvgIpc) is 2.37. The first-order valence-corrected chi connectivity index (χ1v) is 7.94. The van der Waals surface area contributed by atoms with Crippen LogP contribution < -0.4 is 0 Å². The minimum absolute atomic E-state index is 0.492. The number of aliphatic hydroxyl groups excluding tert-OH is 1. The van der Waals surface area contributed by atoms with Crippen molar-refractivity contribution in [3.05, 3.63) is 67.1 Å². The average molecular weight is 395 g/mol. The summed E-state index contributed by atoms with van der Waals surface area (Å²) < 4.78 is 0.922. The summed E-state index contributed by atoms with van der Waals surface area (Å²) in [6.07, 6.45) is 0.473. The molecule has 0 amide bonds. The molecular formula is C15H12BrCl3O. The second kappa shape index (κ2) is 7.15. The molecule has 20 heavy (non-hydrogen) atoms. The van der Waals surface area contributed by atoms with Crippen LogP contribution in [-0.2, 0) is 12.8 Å². The Kier molecular flexibility index (Phi) is 5.76. The van der Waals surface area contributed by atoms with Gasteiger partial charge in [0.1, 0.15) is 0 Å². The van der Waals surface area contributed by atoms with E-state index in [9.17, 15) is 5.11 Å². The predicted octanol–water partition coefficient (Wildman–Crippen LogP) is 5.56. The minimum Gasteiger partial charge on any atom is -0.392 e. The van der Waals surface area contributed by atoms with Crippen LogP contribution >= 0.6 is 50.7 Å². The fourth-order valence-corrected chi connectivity index (χ4v) is 3.02. The number of benzene rings is 2. The van der Waals surface area contributed by atoms with Crippen molar-refractivity contribution >= 4 is 50.7 Å². The van der Waals surface area contributed by atoms with Gasteiger partial charge in [0.15, 0.2) is 0 Å². The van der Waals surface area contributed by atoms with E-state index < -0.39 is 6.10 Å². The van der Waals surface area contributed by atoms with Crippen molar-refractivity contribution in [3.63, 3.8) is 0 Å². The van der Waals surface area contributed by atoms with Crippen LogP contribution in [0.1, 0.15) is 11.1 Å². The lowest BCUT2D eigenvalue weighted by Gasteiger charge is -2.12. The van der Waals surface area contributed by atoms with Crippen LogP contribution in [0.5, 0.6) is 0 Å². The van der Waals surface area contributed by atoms with E-state index in [1.165, 1.54) is 0 Å². The number of rotatable bonds is 4. The molecule has 106 valence electrons. The largest absolute Gasteiger partial charge is 0.392 e. The number of aliphatic hydroxyl groups is 1. The molecule has 1 atom stereocenters. The Morgan fingerprint density at radius 3 is 2.30 bits per heavy atom. The van der Waals surface area contributed by atoms with Crippen molar-refractivity contribution in [1.29, 1.82) is 0 Å². The van der Waals surface area contributed by atoms with E-state index in [4.69, 9.17) is 34.8 Å². The van der Waals surface area contributed by atoms with E-state index in [1.54, 1.807) is 12.1 Å². The molecule has 0 aliphatic carbocycles. The number of halogens is 4. The summed E-state index contributed by atoms with van der Waals surface area (Å²) in [4.78, 5) is 0. The molecular weight excluding hydrogens is 382 g/mol. The Labute approximate surface area is 141 Å². The second-order valence-corrected chi connectivity index (χ2v) is 6.68. The molecule has 1 N–H and O–H groups in total. The molecule has 0 fully saturated rings. The predicted molar refractivity (Wildman–Crippen MR) is 89.0 cm³/mol. The lowest BCUT2D eigenvalue weighted by molar-refractivity contribution is 0.175. The zero-order valence-electron chi connectivity index (χ0n) is 10.4. The zero-order valence-corrected chi connectivity index (χ0v) is 14.3. The first-order valence-electron chi connectivity index (χ1n) is 6.01. The van der Waals surface area contributed by atoms with Crippen LogP contribution in [0.25, 0.3) is 0 Å². The summed E-state index contributed by atoms with van der Waals surface area (Å²) in [5, 5.41) is 11.8. The number of hydrogen-bond donors (Lipinski definition) is 1. The van der Waals surface area contributed by atoms with Crippen LogP contribution in [0.3, 0.4) is 0 Å². The highest BCUT2D eigenvalue weighted by molar-refractivity contribution is 9.10. The Morgan fingerprint density at radius 2 is 1.65 bits per heavy atom. The minimum atomic E-state index is -0.522. The van der Waals surface area contributed by atoms with Gasteiger partial charge < -0.3 is 5.11 Å². The Morgan fingerprint density at radius 1 is 0.900 bits per heavy atom. The quantitative estimate of drug-likeness (QED) is 0.720. The monoisotopic (exact) mass is 392 g/mol. The smallest absolute Gasteiger partial charge is 0.0621 e. The molecule has 2 rings (SSSR count). The molecule has 0 aliphatic rings. The Bertz CT molecular complexity index is 616. The topological polar surface area (TPSA) is 20.2 Å². The van der Waals surface area contributed by atoms with Crippen LogP contribution in [0.4, 0.5) is 0 Å². The van der Waals surface area contributed by atoms with Crippen LogP contribution in [-0.4, -0.2) is 11.2 Å². The maximum absolute atomic E-state index is 10.2. The third-order valence-electron chi connectivity index (χ3n) is 2.93. The molecule has 2 aromatic carbocycles. The van der Waals surface area contributed by atoms with Crippen molar-refractivity contribution in [1.82, 2.24) is 0 Å². The van der Waals surface area contributed by atoms with Gasteiger partial charge in [-0.2, -0.15) is 0 Å². The summed E-state index contributed by atoms with van der Waals surface area (Å²) in [6, 6.07) is 11.0. The van der Waals surface area contributed by atoms with Gasteiger partial charge in [-0.05, 0) is 41.8 Å². The lowest BCUT2D eigenvalue weighted by Crippen LogP contribution is -2.14. The van der Waals surface area contributed by atoms with Gasteiger partial charge in [-0.15, -0.1) is 0 Å². The highest BCUT2D eigenvalue weighted by atomic mass is 79.9. The molecule has 2 aromatic rings. The Balaban J connectivity index is 2.04. The van der Waals surface area contributed by atoms with Crippen molar-refractivity contribution in [2.75, 3.05) is 0 Å². The van der Waals surface area contributed by atoms with Gasteiger partial charge in [-0.3, -0.25) is 0 Å². The van der Waals surface area contributed by atoms with Gasteiger partial charge in [0, 0.05) is 15.9 Å². The maximum atomic E-state index is 10.2. The van der Waals surface area contributed by atoms with Gasteiger partial charge in [-0.1, -0.05) is 62.9 Å². The third-order valence-corrected chi connectivity index (χ3v) is 4.51. The van der Waals surface area contributed by atoms with Crippen LogP contribution in [0.15, 0.2) is 40.9 Å². The van der Waals surface area contributed by atoms with E-state index in [0.29, 0.717) is 27.9 Å². The fraction of sp³-hybridized carbons (Fsp3) is 0.200. The summed E-state index contributed by atoms with van der Waals surface area (Å²) in [5.74, 6) is 0. The van der Waals surface area contributed by atoms with Gasteiger partial charge in [0.25, 0.3) is 0 Å². The molecule has 0 aliphatic heterocycles. The molecule has 0 saturated heterocycles. The first-order chi connectivity index (χ1) is 9.45.